The van der Waals surface area contributed by atoms with E-state index in [2.05, 4.69) is 26.2 Å². The lowest BCUT2D eigenvalue weighted by atomic mass is 10.1. The molecule has 0 bridgehead atoms. The summed E-state index contributed by atoms with van der Waals surface area (Å²) in [5, 5.41) is 3.52. The number of amides is 1. The van der Waals surface area contributed by atoms with Crippen LogP contribution in [0.5, 0.6) is 0 Å². The van der Waals surface area contributed by atoms with Gasteiger partial charge in [0.05, 0.1) is 6.61 Å². The first-order valence-electron chi connectivity index (χ1n) is 10.3. The van der Waals surface area contributed by atoms with Crippen LogP contribution in [0.2, 0.25) is 0 Å². The van der Waals surface area contributed by atoms with Crippen LogP contribution in [0, 0.1) is 5.92 Å². The first-order chi connectivity index (χ1) is 15.3. The van der Waals surface area contributed by atoms with E-state index < -0.39 is 24.7 Å². The maximum absolute atomic E-state index is 12.8. The Labute approximate surface area is 194 Å². The molecule has 2 N–H and O–H groups in total. The van der Waals surface area contributed by atoms with Gasteiger partial charge in [-0.2, -0.15) is 0 Å². The van der Waals surface area contributed by atoms with Crippen molar-refractivity contribution in [2.75, 3.05) is 13.2 Å². The number of esters is 1. The molecular formula is C24H25BrN2O5. The molecule has 0 unspecified atom stereocenters. The van der Waals surface area contributed by atoms with Gasteiger partial charge in [-0.15, -0.1) is 0 Å². The predicted octanol–water partition coefficient (Wildman–Crippen LogP) is 4.65. The number of rotatable bonds is 9. The molecule has 1 amide bonds. The zero-order valence-electron chi connectivity index (χ0n) is 17.9. The number of ketones is 1. The van der Waals surface area contributed by atoms with Gasteiger partial charge < -0.3 is 19.8 Å². The quantitative estimate of drug-likeness (QED) is 0.329. The van der Waals surface area contributed by atoms with E-state index in [-0.39, 0.29) is 24.7 Å². The highest BCUT2D eigenvalue weighted by Crippen LogP contribution is 2.19. The monoisotopic (exact) mass is 500 g/mol. The molecule has 7 nitrogen and oxygen atoms in total. The zero-order valence-corrected chi connectivity index (χ0v) is 19.5. The van der Waals surface area contributed by atoms with Crippen molar-refractivity contribution in [2.45, 2.75) is 26.3 Å². The van der Waals surface area contributed by atoms with Crippen LogP contribution in [0.4, 0.5) is 4.79 Å². The molecular weight excluding hydrogens is 476 g/mol. The molecule has 3 aromatic rings. The third kappa shape index (κ3) is 6.43. The second-order valence-corrected chi connectivity index (χ2v) is 8.71. The van der Waals surface area contributed by atoms with Crippen LogP contribution in [-0.2, 0) is 20.7 Å². The summed E-state index contributed by atoms with van der Waals surface area (Å²) in [6.45, 7) is 3.63. The predicted molar refractivity (Wildman–Crippen MR) is 125 cm³/mol. The third-order valence-corrected chi connectivity index (χ3v) is 5.26. The van der Waals surface area contributed by atoms with E-state index in [4.69, 9.17) is 9.47 Å². The van der Waals surface area contributed by atoms with E-state index in [1.54, 1.807) is 30.5 Å². The van der Waals surface area contributed by atoms with Crippen molar-refractivity contribution in [3.05, 3.63) is 70.3 Å². The van der Waals surface area contributed by atoms with Gasteiger partial charge in [0.25, 0.3) is 0 Å². The highest BCUT2D eigenvalue weighted by molar-refractivity contribution is 9.10. The lowest BCUT2D eigenvalue weighted by Crippen LogP contribution is -2.44. The minimum absolute atomic E-state index is 0.156. The van der Waals surface area contributed by atoms with Gasteiger partial charge in [-0.1, -0.05) is 60.1 Å². The maximum atomic E-state index is 12.8. The number of hydrogen-bond donors (Lipinski definition) is 2. The smallest absolute Gasteiger partial charge is 0.407 e. The summed E-state index contributed by atoms with van der Waals surface area (Å²) < 4.78 is 11.3. The fourth-order valence-corrected chi connectivity index (χ4v) is 3.36. The van der Waals surface area contributed by atoms with Gasteiger partial charge in [-0.3, -0.25) is 4.79 Å². The summed E-state index contributed by atoms with van der Waals surface area (Å²) in [5.41, 5.74) is 2.19. The summed E-state index contributed by atoms with van der Waals surface area (Å²) >= 11 is 3.31. The summed E-state index contributed by atoms with van der Waals surface area (Å²) in [6, 6.07) is 13.4. The largest absolute Gasteiger partial charge is 0.456 e. The summed E-state index contributed by atoms with van der Waals surface area (Å²) in [7, 11) is 0. The summed E-state index contributed by atoms with van der Waals surface area (Å²) in [5.74, 6) is -0.885. The molecule has 32 heavy (non-hydrogen) atoms. The Balaban J connectivity index is 1.70. The highest BCUT2D eigenvalue weighted by atomic mass is 79.9. The molecule has 8 heteroatoms. The van der Waals surface area contributed by atoms with E-state index >= 15 is 0 Å². The number of para-hydroxylation sites is 1. The Kier molecular flexibility index (Phi) is 8.05. The van der Waals surface area contributed by atoms with E-state index in [0.717, 1.165) is 20.9 Å². The first kappa shape index (κ1) is 23.5. The Morgan fingerprint density at radius 1 is 1.03 bits per heavy atom. The van der Waals surface area contributed by atoms with Gasteiger partial charge in [0.1, 0.15) is 6.04 Å². The molecule has 2 aromatic carbocycles. The van der Waals surface area contributed by atoms with Gasteiger partial charge in [-0.25, -0.2) is 9.59 Å². The average molecular weight is 501 g/mol. The number of alkyl carbamates (subject to hydrolysis) is 1. The Bertz CT molecular complexity index is 1090. The van der Waals surface area contributed by atoms with Crippen molar-refractivity contribution in [3.8, 4) is 0 Å². The minimum atomic E-state index is -1.01. The van der Waals surface area contributed by atoms with Crippen LogP contribution in [0.25, 0.3) is 10.9 Å². The molecule has 0 spiro atoms. The third-order valence-electron chi connectivity index (χ3n) is 4.74. The molecule has 1 aromatic heterocycles. The van der Waals surface area contributed by atoms with Crippen LogP contribution >= 0.6 is 15.9 Å². The van der Waals surface area contributed by atoms with Gasteiger partial charge in [0, 0.05) is 33.6 Å². The van der Waals surface area contributed by atoms with E-state index in [0.29, 0.717) is 5.56 Å². The SMILES string of the molecule is CC(C)COC(=O)N[C@H](Cc1c[nH]c2ccccc12)C(=O)OCC(=O)c1ccc(Br)cc1. The number of Topliss-reactive ketones (excluding diaryl/α,β-unsaturated/α-hetero) is 1. The van der Waals surface area contributed by atoms with Crippen LogP contribution in [-0.4, -0.2) is 42.1 Å². The summed E-state index contributed by atoms with van der Waals surface area (Å²) in [4.78, 5) is 40.5. The van der Waals surface area contributed by atoms with Crippen LogP contribution in [0.1, 0.15) is 29.8 Å². The molecule has 0 radical (unpaired) electrons. The Hall–Kier alpha value is -3.13. The second kappa shape index (κ2) is 10.9. The van der Waals surface area contributed by atoms with Crippen molar-refractivity contribution in [1.29, 1.82) is 0 Å². The van der Waals surface area contributed by atoms with Crippen molar-refractivity contribution in [1.82, 2.24) is 10.3 Å². The fraction of sp³-hybridized carbons (Fsp3) is 0.292. The molecule has 0 saturated heterocycles. The molecule has 0 saturated carbocycles. The first-order valence-corrected chi connectivity index (χ1v) is 11.1. The average Bonchev–Trinajstić information content (AvgIpc) is 3.18. The van der Waals surface area contributed by atoms with Crippen LogP contribution < -0.4 is 5.32 Å². The second-order valence-electron chi connectivity index (χ2n) is 7.79. The summed E-state index contributed by atoms with van der Waals surface area (Å²) in [6.07, 6.45) is 1.27. The minimum Gasteiger partial charge on any atom is -0.456 e. The van der Waals surface area contributed by atoms with Crippen molar-refractivity contribution < 1.29 is 23.9 Å². The van der Waals surface area contributed by atoms with Gasteiger partial charge >= 0.3 is 12.1 Å². The molecule has 0 aliphatic heterocycles. The molecule has 3 rings (SSSR count). The number of benzene rings is 2. The lowest BCUT2D eigenvalue weighted by Gasteiger charge is -2.18. The van der Waals surface area contributed by atoms with Crippen molar-refractivity contribution in [3.63, 3.8) is 0 Å². The number of carbonyl (C=O) groups excluding carboxylic acids is 3. The standard InChI is InChI=1S/C24H25BrN2O5/c1-15(2)13-32-24(30)27-21(11-17-12-26-20-6-4-3-5-19(17)20)23(29)31-14-22(28)16-7-9-18(25)10-8-16/h3-10,12,15,21,26H,11,13-14H2,1-2H3,(H,27,30)/t21-/m1/s1. The number of ether oxygens (including phenoxy) is 2. The van der Waals surface area contributed by atoms with Gasteiger partial charge in [0.15, 0.2) is 12.4 Å². The van der Waals surface area contributed by atoms with E-state index in [1.807, 2.05) is 38.1 Å². The molecule has 1 heterocycles. The van der Waals surface area contributed by atoms with Gasteiger partial charge in [-0.05, 0) is 29.7 Å². The van der Waals surface area contributed by atoms with Crippen LogP contribution in [0.15, 0.2) is 59.2 Å². The number of hydrogen-bond acceptors (Lipinski definition) is 5. The number of aromatic amines is 1. The number of nitrogens with one attached hydrogen (secondary N) is 2. The molecule has 168 valence electrons. The Morgan fingerprint density at radius 3 is 2.47 bits per heavy atom. The van der Waals surface area contributed by atoms with Crippen LogP contribution in [0.3, 0.4) is 0 Å². The topological polar surface area (TPSA) is 97.5 Å². The molecule has 0 fully saturated rings. The van der Waals surface area contributed by atoms with Crippen molar-refractivity contribution >= 4 is 44.7 Å². The molecule has 0 aliphatic rings. The molecule has 0 aliphatic carbocycles. The van der Waals surface area contributed by atoms with E-state index in [9.17, 15) is 14.4 Å². The number of aromatic nitrogens is 1. The van der Waals surface area contributed by atoms with Gasteiger partial charge in [0.2, 0.25) is 0 Å². The number of fused-ring (bicyclic) bond motifs is 1. The van der Waals surface area contributed by atoms with Crippen molar-refractivity contribution in [2.24, 2.45) is 5.92 Å². The maximum Gasteiger partial charge on any atom is 0.407 e. The highest BCUT2D eigenvalue weighted by Gasteiger charge is 2.26. The Morgan fingerprint density at radius 2 is 1.75 bits per heavy atom. The number of H-pyrrole nitrogens is 1. The zero-order chi connectivity index (χ0) is 23.1. The fourth-order valence-electron chi connectivity index (χ4n) is 3.10. The lowest BCUT2D eigenvalue weighted by molar-refractivity contribution is -0.144. The number of carbonyl (C=O) groups is 3. The normalized spacial score (nSPS) is 11.9. The van der Waals surface area contributed by atoms with E-state index in [1.165, 1.54) is 0 Å². The molecule has 1 atom stereocenters. The number of halogens is 1.